The van der Waals surface area contributed by atoms with E-state index in [1.54, 1.807) is 11.1 Å². The summed E-state index contributed by atoms with van der Waals surface area (Å²) in [6.45, 7) is 6.92. The third-order valence-corrected chi connectivity index (χ3v) is 16.3. The van der Waals surface area contributed by atoms with Crippen molar-refractivity contribution in [2.75, 3.05) is 49.2 Å². The molecule has 228 valence electrons. The number of benzene rings is 2. The lowest BCUT2D eigenvalue weighted by molar-refractivity contribution is -0.120. The molecule has 11 aliphatic rings. The zero-order chi connectivity index (χ0) is 28.1. The Hall–Kier alpha value is -2.12. The molecule has 7 saturated heterocycles. The normalized spacial score (nSPS) is 53.0. The molecule has 2 aromatic rings. The molecule has 2 saturated carbocycles. The number of para-hydroxylation sites is 2. The number of ether oxygens (including phenoxy) is 2. The van der Waals surface area contributed by atoms with Crippen LogP contribution < -0.4 is 9.80 Å². The average molecular weight is 589 g/mol. The smallest absolute Gasteiger partial charge is 0.135 e. The van der Waals surface area contributed by atoms with E-state index in [-0.39, 0.29) is 23.3 Å². The second-order valence-electron chi connectivity index (χ2n) is 16.9. The molecule has 9 aliphatic heterocycles. The minimum absolute atomic E-state index is 0.151. The van der Waals surface area contributed by atoms with Crippen molar-refractivity contribution in [2.45, 2.75) is 86.0 Å². The van der Waals surface area contributed by atoms with Gasteiger partial charge in [-0.15, -0.1) is 0 Å². The summed E-state index contributed by atoms with van der Waals surface area (Å²) in [4.78, 5) is 11.9. The van der Waals surface area contributed by atoms with E-state index in [9.17, 15) is 0 Å². The van der Waals surface area contributed by atoms with E-state index in [0.717, 1.165) is 36.9 Å². The number of hydrogen-bond acceptors (Lipinski definition) is 6. The zero-order valence-electron chi connectivity index (χ0n) is 25.6. The fourth-order valence-electron chi connectivity index (χ4n) is 15.3. The maximum atomic E-state index is 7.46. The summed E-state index contributed by atoms with van der Waals surface area (Å²) >= 11 is 0. The molecular formula is C38H44N4O2. The number of anilines is 2. The maximum absolute atomic E-state index is 7.46. The van der Waals surface area contributed by atoms with Crippen LogP contribution in [0.4, 0.5) is 11.4 Å². The molecule has 6 nitrogen and oxygen atoms in total. The fourth-order valence-corrected chi connectivity index (χ4v) is 15.3. The molecule has 0 amide bonds. The molecule has 6 heteroatoms. The second-order valence-corrected chi connectivity index (χ2v) is 16.9. The van der Waals surface area contributed by atoms with Crippen LogP contribution in [0.5, 0.6) is 0 Å². The Morgan fingerprint density at radius 2 is 1.09 bits per heavy atom. The fraction of sp³-hybridized carbons (Fsp3) is 0.684. The van der Waals surface area contributed by atoms with Crippen LogP contribution in [0.2, 0.25) is 0 Å². The van der Waals surface area contributed by atoms with E-state index in [1.807, 2.05) is 0 Å². The Morgan fingerprint density at radius 3 is 1.59 bits per heavy atom. The van der Waals surface area contributed by atoms with Crippen molar-refractivity contribution in [2.24, 2.45) is 35.5 Å². The van der Waals surface area contributed by atoms with Crippen LogP contribution in [0.1, 0.15) is 49.7 Å². The van der Waals surface area contributed by atoms with Gasteiger partial charge in [0.15, 0.2) is 0 Å². The lowest BCUT2D eigenvalue weighted by Crippen LogP contribution is -2.76. The third kappa shape index (κ3) is 2.36. The molecule has 2 aromatic carbocycles. The maximum Gasteiger partial charge on any atom is 0.135 e. The first-order chi connectivity index (χ1) is 21.8. The Morgan fingerprint density at radius 1 is 0.614 bits per heavy atom. The van der Waals surface area contributed by atoms with E-state index in [1.165, 1.54) is 76.1 Å². The first-order valence-corrected chi connectivity index (χ1v) is 18.3. The van der Waals surface area contributed by atoms with Crippen molar-refractivity contribution in [1.82, 2.24) is 9.80 Å². The van der Waals surface area contributed by atoms with Gasteiger partial charge in [-0.2, -0.15) is 0 Å². The van der Waals surface area contributed by atoms with Gasteiger partial charge < -0.3 is 19.3 Å². The summed E-state index contributed by atoms with van der Waals surface area (Å²) in [6, 6.07) is 21.7. The van der Waals surface area contributed by atoms with Crippen LogP contribution in [-0.4, -0.2) is 85.8 Å². The van der Waals surface area contributed by atoms with Crippen molar-refractivity contribution in [3.8, 4) is 0 Å². The van der Waals surface area contributed by atoms with Crippen LogP contribution in [0.25, 0.3) is 0 Å². The van der Waals surface area contributed by atoms with E-state index in [0.29, 0.717) is 36.0 Å². The van der Waals surface area contributed by atoms with Crippen LogP contribution in [0.3, 0.4) is 0 Å². The SMILES string of the molecule is c1ccc2c(c1)N1[C@@H]3OCC[C@@H]4CN5CC[C@]67c8ccccc8N([C@@H]8OCC[C@@H]9CN%10CC[C@]2%11[C@@H]%10C[C@@H]9[C@@H]8[C@H]1%11)[C@H]6[C@H]3[C@H]4C[C@H]57. The van der Waals surface area contributed by atoms with Gasteiger partial charge in [0, 0.05) is 72.4 Å². The molecule has 9 fully saturated rings. The highest BCUT2D eigenvalue weighted by molar-refractivity contribution is 5.71. The first kappa shape index (κ1) is 24.1. The quantitative estimate of drug-likeness (QED) is 0.453. The van der Waals surface area contributed by atoms with Gasteiger partial charge in [-0.25, -0.2) is 0 Å². The van der Waals surface area contributed by atoms with Crippen LogP contribution in [-0.2, 0) is 20.3 Å². The predicted octanol–water partition coefficient (Wildman–Crippen LogP) is 4.43. The van der Waals surface area contributed by atoms with Gasteiger partial charge in [0.25, 0.3) is 0 Å². The minimum Gasteiger partial charge on any atom is -0.358 e. The zero-order valence-corrected chi connectivity index (χ0v) is 25.6. The van der Waals surface area contributed by atoms with Gasteiger partial charge in [0.1, 0.15) is 12.5 Å². The Bertz CT molecular complexity index is 1500. The number of rotatable bonds is 0. The Kier molecular flexibility index (Phi) is 4.22. The molecule has 14 atom stereocenters. The average Bonchev–Trinajstić information content (AvgIpc) is 3.71. The molecule has 13 rings (SSSR count). The van der Waals surface area contributed by atoms with Crippen molar-refractivity contribution < 1.29 is 9.47 Å². The van der Waals surface area contributed by atoms with Crippen LogP contribution >= 0.6 is 0 Å². The van der Waals surface area contributed by atoms with Gasteiger partial charge >= 0.3 is 0 Å². The van der Waals surface area contributed by atoms with E-state index < -0.39 is 0 Å². The highest BCUT2D eigenvalue weighted by atomic mass is 16.5. The van der Waals surface area contributed by atoms with Gasteiger partial charge in [-0.05, 0) is 98.5 Å². The van der Waals surface area contributed by atoms with Gasteiger partial charge in [-0.1, -0.05) is 36.4 Å². The summed E-state index contributed by atoms with van der Waals surface area (Å²) in [5.74, 6) is 3.93. The number of fused-ring (bicyclic) bond motifs is 6. The van der Waals surface area contributed by atoms with Crippen molar-refractivity contribution in [3.05, 3.63) is 59.7 Å². The summed E-state index contributed by atoms with van der Waals surface area (Å²) in [6.07, 6.45) is 8.05. The lowest BCUT2D eigenvalue weighted by Gasteiger charge is -2.65. The van der Waals surface area contributed by atoms with Gasteiger partial charge in [0.2, 0.25) is 0 Å². The predicted molar refractivity (Wildman–Crippen MR) is 168 cm³/mol. The number of hydrogen-bond donors (Lipinski definition) is 0. The molecule has 9 heterocycles. The first-order valence-electron chi connectivity index (χ1n) is 18.3. The van der Waals surface area contributed by atoms with E-state index in [4.69, 9.17) is 9.47 Å². The van der Waals surface area contributed by atoms with E-state index in [2.05, 4.69) is 68.1 Å². The molecule has 0 unspecified atom stereocenters. The molecule has 0 N–H and O–H groups in total. The third-order valence-electron chi connectivity index (χ3n) is 16.3. The lowest BCUT2D eigenvalue weighted by atomic mass is 9.51. The summed E-state index contributed by atoms with van der Waals surface area (Å²) in [5, 5.41) is 0. The van der Waals surface area contributed by atoms with Gasteiger partial charge in [-0.3, -0.25) is 9.80 Å². The number of nitrogens with zero attached hydrogens (tertiary/aromatic N) is 4. The van der Waals surface area contributed by atoms with Crippen molar-refractivity contribution in [1.29, 1.82) is 0 Å². The summed E-state index contributed by atoms with van der Waals surface area (Å²) in [5.41, 5.74) is 6.73. The molecule has 0 radical (unpaired) electrons. The molecule has 2 aliphatic carbocycles. The second kappa shape index (κ2) is 7.70. The molecular weight excluding hydrogens is 544 g/mol. The summed E-state index contributed by atoms with van der Waals surface area (Å²) in [7, 11) is 0. The number of piperidine rings is 2. The van der Waals surface area contributed by atoms with Gasteiger partial charge in [0.05, 0.1) is 12.1 Å². The van der Waals surface area contributed by atoms with Crippen molar-refractivity contribution in [3.63, 3.8) is 0 Å². The molecule has 0 aromatic heterocycles. The Labute approximate surface area is 260 Å². The van der Waals surface area contributed by atoms with Crippen molar-refractivity contribution >= 4 is 11.4 Å². The molecule has 4 bridgehead atoms. The Balaban J connectivity index is 1.14. The highest BCUT2D eigenvalue weighted by Crippen LogP contribution is 2.71. The monoisotopic (exact) mass is 588 g/mol. The largest absolute Gasteiger partial charge is 0.358 e. The highest BCUT2D eigenvalue weighted by Gasteiger charge is 2.77. The minimum atomic E-state index is 0.151. The molecule has 44 heavy (non-hydrogen) atoms. The topological polar surface area (TPSA) is 31.4 Å². The standard InChI is InChI=1S/C38H44N4O2/c1-3-7-27-25(5-1)37-11-13-39-19-21-10-16-44-36-31(23(21)17-29(37)39)33(37)41(27)35-32-24-18-30-38(12-14-40(30)20-22(24)9-15-43-35)26-6-2-4-8-28(26)42(36)34(32)38/h1-8,21-24,29-36H,9-20H2/t21-,22-,23+,24+,29+,30+,31-,32-,33+,34+,35-,36-,37-,38-/m1/s1. The van der Waals surface area contributed by atoms with Crippen LogP contribution in [0.15, 0.2) is 48.5 Å². The summed E-state index contributed by atoms with van der Waals surface area (Å²) < 4.78 is 14.9. The van der Waals surface area contributed by atoms with E-state index >= 15 is 0 Å². The van der Waals surface area contributed by atoms with Crippen LogP contribution in [0, 0.1) is 35.5 Å². The molecule has 2 spiro atoms.